The minimum atomic E-state index is -1.67. The van der Waals surface area contributed by atoms with E-state index in [9.17, 15) is 4.79 Å². The van der Waals surface area contributed by atoms with E-state index in [2.05, 4.69) is 44.5 Å². The predicted molar refractivity (Wildman–Crippen MR) is 239 cm³/mol. The van der Waals surface area contributed by atoms with E-state index in [4.69, 9.17) is 68.8 Å². The number of alkyl halides is 3. The minimum absolute atomic E-state index is 0. The van der Waals surface area contributed by atoms with Crippen molar-refractivity contribution in [2.24, 2.45) is 0 Å². The van der Waals surface area contributed by atoms with Crippen LogP contribution in [0, 0.1) is 0 Å². The molecule has 0 unspecified atom stereocenters. The van der Waals surface area contributed by atoms with Crippen LogP contribution in [0.5, 0.6) is 23.1 Å². The highest BCUT2D eigenvalue weighted by Gasteiger charge is 2.14. The number of imidazole rings is 1. The summed E-state index contributed by atoms with van der Waals surface area (Å²) in [5.41, 5.74) is 9.77. The Morgan fingerprint density at radius 1 is 0.895 bits per heavy atom. The maximum atomic E-state index is 12.3. The molecule has 3 aromatic carbocycles. The third-order valence-corrected chi connectivity index (χ3v) is 7.03. The minimum Gasteiger partial charge on any atom is -0.490 e. The van der Waals surface area contributed by atoms with Crippen LogP contribution in [0.15, 0.2) is 121 Å². The topological polar surface area (TPSA) is 151 Å². The van der Waals surface area contributed by atoms with Crippen molar-refractivity contribution in [1.29, 1.82) is 0 Å². The molecule has 6 rings (SSSR count). The van der Waals surface area contributed by atoms with E-state index < -0.39 is 9.23 Å². The Morgan fingerprint density at radius 2 is 1.44 bits per heavy atom. The Hall–Kier alpha value is -4.08. The van der Waals surface area contributed by atoms with E-state index >= 15 is 0 Å². The summed E-state index contributed by atoms with van der Waals surface area (Å²) in [4.78, 5) is 19.3. The largest absolute Gasteiger partial charge is 0.490 e. The number of nitrogens with one attached hydrogen (secondary N) is 1. The zero-order chi connectivity index (χ0) is 40.4. The summed E-state index contributed by atoms with van der Waals surface area (Å²) in [6.07, 6.45) is 7.13. The number of ether oxygens (including phenoxy) is 4. The van der Waals surface area contributed by atoms with Crippen molar-refractivity contribution >= 4 is 90.7 Å². The molecule has 0 spiro atoms. The number of fused-ring (bicyclic) bond motifs is 3. The Morgan fingerprint density at radius 3 is 2.00 bits per heavy atom. The number of halogens is 5. The Balaban J connectivity index is 0.000000809. The molecule has 0 aliphatic carbocycles. The molecule has 307 valence electrons. The van der Waals surface area contributed by atoms with Gasteiger partial charge in [-0.1, -0.05) is 69.1 Å². The molecule has 2 aromatic heterocycles. The SMILES string of the molecule is C.C=CCOc1cccc(CCl)c1.C=CCOc1cccc(CO)c1.ClCCl.Nc1nc2cc3c1[nH]c(=O)n3Cc1cccc(c1)OC/C=C/CO2.O=S(Cl)Cl.[B]. The van der Waals surface area contributed by atoms with Gasteiger partial charge in [0.05, 0.1) is 24.0 Å². The highest BCUT2D eigenvalue weighted by molar-refractivity contribution is 8.26. The molecule has 0 saturated heterocycles. The lowest BCUT2D eigenvalue weighted by molar-refractivity contribution is 0.280. The normalized spacial score (nSPS) is 11.4. The van der Waals surface area contributed by atoms with Gasteiger partial charge in [-0.05, 0) is 65.2 Å². The number of nitrogen functional groups attached to an aromatic ring is 1. The van der Waals surface area contributed by atoms with E-state index in [0.717, 1.165) is 33.9 Å². The van der Waals surface area contributed by atoms with Crippen LogP contribution in [0.3, 0.4) is 0 Å². The second-order valence-electron chi connectivity index (χ2n) is 10.6. The molecule has 0 atom stereocenters. The molecular weight excluding hydrogens is 857 g/mol. The van der Waals surface area contributed by atoms with Gasteiger partial charge in [0.25, 0.3) is 0 Å². The third-order valence-electron chi connectivity index (χ3n) is 6.72. The van der Waals surface area contributed by atoms with Crippen LogP contribution >= 0.6 is 56.2 Å². The number of benzene rings is 3. The monoisotopic (exact) mass is 899 g/mol. The van der Waals surface area contributed by atoms with Gasteiger partial charge in [-0.2, -0.15) is 4.98 Å². The molecule has 0 amide bonds. The van der Waals surface area contributed by atoms with Gasteiger partial charge in [0.2, 0.25) is 15.1 Å². The van der Waals surface area contributed by atoms with Gasteiger partial charge in [0, 0.05) is 41.7 Å². The van der Waals surface area contributed by atoms with E-state index in [1.54, 1.807) is 22.8 Å². The van der Waals surface area contributed by atoms with Gasteiger partial charge in [-0.15, -0.1) is 34.8 Å². The fourth-order valence-electron chi connectivity index (χ4n) is 4.48. The zero-order valence-corrected chi connectivity index (χ0v) is 34.7. The van der Waals surface area contributed by atoms with Crippen molar-refractivity contribution in [3.05, 3.63) is 143 Å². The van der Waals surface area contributed by atoms with Crippen LogP contribution in [0.2, 0.25) is 0 Å². The predicted octanol–water partition coefficient (Wildman–Crippen LogP) is 9.14. The second kappa shape index (κ2) is 31.0. The molecule has 57 heavy (non-hydrogen) atoms. The van der Waals surface area contributed by atoms with Crippen molar-refractivity contribution in [1.82, 2.24) is 14.5 Å². The standard InChI is InChI=1S/C17H16N4O3.C10H11ClO.C10H12O2.CH2Cl2.CH4.B.Cl2OS/c18-16-15-13-9-14(19-16)24-7-2-1-6-23-12-5-3-4-11(8-12)10-21(13)17(22)20-15;2*1-2-6-12-10-5-3-4-9(7-10)8-11;2-1-3;;;1-4(2)3/h1-5,8-9H,6-7,10H2,(H2,18,19)(H,20,22);2-5,7H,1,6,8H2;2-5,7,11H,1,6,8H2;1H2;1H4;;/b2-1+;;;;;;. The number of aromatic nitrogens is 3. The second-order valence-corrected chi connectivity index (χ2v) is 14.2. The molecule has 4 bridgehead atoms. The van der Waals surface area contributed by atoms with Crippen molar-refractivity contribution in [2.75, 3.05) is 37.5 Å². The lowest BCUT2D eigenvalue weighted by Crippen LogP contribution is -2.17. The maximum absolute atomic E-state index is 12.3. The summed E-state index contributed by atoms with van der Waals surface area (Å²) in [5.74, 6) is 3.50. The van der Waals surface area contributed by atoms with Crippen molar-refractivity contribution in [3.8, 4) is 23.1 Å². The van der Waals surface area contributed by atoms with E-state index in [1.807, 2.05) is 84.9 Å². The first-order valence-electron chi connectivity index (χ1n) is 16.2. The lowest BCUT2D eigenvalue weighted by atomic mass is 10.2. The number of aliphatic hydroxyl groups excluding tert-OH is 1. The number of pyridine rings is 1. The summed E-state index contributed by atoms with van der Waals surface area (Å²) in [5, 5.41) is 9.01. The van der Waals surface area contributed by atoms with Gasteiger partial charge >= 0.3 is 5.69 Å². The quantitative estimate of drug-likeness (QED) is 0.0600. The lowest BCUT2D eigenvalue weighted by Gasteiger charge is -2.10. The van der Waals surface area contributed by atoms with E-state index in [1.165, 1.54) is 0 Å². The smallest absolute Gasteiger partial charge is 0.326 e. The van der Waals surface area contributed by atoms with Crippen molar-refractivity contribution < 1.29 is 28.3 Å². The highest BCUT2D eigenvalue weighted by atomic mass is 36.0. The molecule has 1 aliphatic rings. The number of aliphatic hydroxyl groups is 1. The molecule has 3 radical (unpaired) electrons. The molecular formula is C39H45BCl5N4O7S. The fourth-order valence-corrected chi connectivity index (χ4v) is 4.64. The fraction of sp³-hybridized carbons (Fsp3) is 0.231. The first kappa shape index (κ1) is 52.9. The average Bonchev–Trinajstić information content (AvgIpc) is 3.49. The Bertz CT molecular complexity index is 1980. The first-order chi connectivity index (χ1) is 26.6. The van der Waals surface area contributed by atoms with Gasteiger partial charge in [0.15, 0.2) is 5.82 Å². The van der Waals surface area contributed by atoms with E-state index in [-0.39, 0.29) is 39.3 Å². The number of rotatable bonds is 8. The zero-order valence-electron chi connectivity index (χ0n) is 30.1. The van der Waals surface area contributed by atoms with Crippen LogP contribution < -0.4 is 30.4 Å². The Kier molecular flexibility index (Phi) is 28.8. The van der Waals surface area contributed by atoms with Crippen molar-refractivity contribution in [2.45, 2.75) is 26.5 Å². The van der Waals surface area contributed by atoms with Gasteiger partial charge in [-0.25, -0.2) is 9.00 Å². The molecule has 1 aliphatic heterocycles. The molecule has 3 heterocycles. The third kappa shape index (κ3) is 20.8. The summed E-state index contributed by atoms with van der Waals surface area (Å²) in [6.45, 7) is 9.37. The molecule has 0 saturated carbocycles. The Labute approximate surface area is 362 Å². The number of aromatic amines is 1. The number of nitrogens with zero attached hydrogens (tertiary/aromatic N) is 2. The van der Waals surface area contributed by atoms with Crippen LogP contribution in [0.1, 0.15) is 24.1 Å². The maximum Gasteiger partial charge on any atom is 0.326 e. The molecule has 5 aromatic rings. The van der Waals surface area contributed by atoms with Crippen LogP contribution in [-0.2, 0) is 28.3 Å². The number of hydrogen-bond donors (Lipinski definition) is 3. The average molecular weight is 902 g/mol. The van der Waals surface area contributed by atoms with Crippen LogP contribution in [-0.4, -0.2) is 64.0 Å². The molecule has 0 fully saturated rings. The first-order valence-corrected chi connectivity index (χ1v) is 20.6. The molecule has 4 N–H and O–H groups in total. The number of H-pyrrole nitrogens is 1. The van der Waals surface area contributed by atoms with Crippen LogP contribution in [0.25, 0.3) is 11.0 Å². The summed E-state index contributed by atoms with van der Waals surface area (Å²) >= 11 is 15.2. The molecule has 11 nitrogen and oxygen atoms in total. The number of nitrogens with two attached hydrogens (primary N) is 1. The number of anilines is 1. The van der Waals surface area contributed by atoms with Crippen molar-refractivity contribution in [3.63, 3.8) is 0 Å². The summed E-state index contributed by atoms with van der Waals surface area (Å²) < 4.78 is 32.6. The van der Waals surface area contributed by atoms with Gasteiger partial charge < -0.3 is 34.8 Å². The number of hydrogen-bond acceptors (Lipinski definition) is 9. The van der Waals surface area contributed by atoms with Gasteiger partial charge in [0.1, 0.15) is 49.2 Å². The van der Waals surface area contributed by atoms with E-state index in [0.29, 0.717) is 55.8 Å². The highest BCUT2D eigenvalue weighted by Crippen LogP contribution is 2.23. The summed E-state index contributed by atoms with van der Waals surface area (Å²) in [6, 6.07) is 24.5. The van der Waals surface area contributed by atoms with Crippen LogP contribution in [0.4, 0.5) is 5.82 Å². The molecule has 18 heteroatoms. The summed E-state index contributed by atoms with van der Waals surface area (Å²) in [7, 11) is 7.36. The van der Waals surface area contributed by atoms with Gasteiger partial charge in [-0.3, -0.25) is 4.57 Å².